The molecule has 2 heterocycles. The third-order valence-electron chi connectivity index (χ3n) is 4.45. The molecule has 0 aliphatic carbocycles. The fourth-order valence-corrected chi connectivity index (χ4v) is 3.09. The summed E-state index contributed by atoms with van der Waals surface area (Å²) in [6.45, 7) is 6.40. The number of para-hydroxylation sites is 1. The topological polar surface area (TPSA) is 46.5 Å². The number of aromatic nitrogens is 1. The molecule has 1 aromatic heterocycles. The van der Waals surface area contributed by atoms with E-state index < -0.39 is 0 Å². The maximum Gasteiger partial charge on any atom is 0.255 e. The van der Waals surface area contributed by atoms with E-state index >= 15 is 0 Å². The van der Waals surface area contributed by atoms with Crippen LogP contribution < -0.4 is 10.9 Å². The van der Waals surface area contributed by atoms with Crippen LogP contribution in [0.25, 0.3) is 10.9 Å². The van der Waals surface area contributed by atoms with Crippen molar-refractivity contribution in [1.29, 1.82) is 0 Å². The van der Waals surface area contributed by atoms with Gasteiger partial charge in [0, 0.05) is 32.2 Å². The minimum Gasteiger partial charge on any atom is -0.379 e. The Morgan fingerprint density at radius 3 is 2.83 bits per heavy atom. The number of ether oxygens (including phenoxy) is 1. The number of nitrogens with zero attached hydrogens (tertiary/aromatic N) is 2. The van der Waals surface area contributed by atoms with Crippen molar-refractivity contribution in [2.24, 2.45) is 7.05 Å². The average Bonchev–Trinajstić information content (AvgIpc) is 2.60. The van der Waals surface area contributed by atoms with Crippen molar-refractivity contribution in [3.8, 4) is 0 Å². The monoisotopic (exact) mass is 315 g/mol. The number of rotatable bonds is 6. The van der Waals surface area contributed by atoms with E-state index in [2.05, 4.69) is 16.3 Å². The zero-order chi connectivity index (χ0) is 16.1. The smallest absolute Gasteiger partial charge is 0.255 e. The van der Waals surface area contributed by atoms with Gasteiger partial charge in [-0.05, 0) is 37.0 Å². The van der Waals surface area contributed by atoms with Gasteiger partial charge in [-0.25, -0.2) is 0 Å². The van der Waals surface area contributed by atoms with Gasteiger partial charge in [0.25, 0.3) is 5.56 Å². The molecule has 1 aliphatic rings. The fourth-order valence-electron chi connectivity index (χ4n) is 3.09. The number of morpholine rings is 1. The van der Waals surface area contributed by atoms with Gasteiger partial charge in [-0.3, -0.25) is 9.69 Å². The first kappa shape index (κ1) is 16.2. The standard InChI is InChI=1S/C18H25N3O2/c1-20-17-6-3-2-5-15(17)13-16(18(20)22)14-19-7-4-8-21-9-11-23-12-10-21/h2-3,5-6,13,19H,4,7-12,14H2,1H3. The molecule has 2 aromatic rings. The first-order chi connectivity index (χ1) is 11.3. The number of hydrogen-bond acceptors (Lipinski definition) is 4. The van der Waals surface area contributed by atoms with Crippen LogP contribution in [0.1, 0.15) is 12.0 Å². The highest BCUT2D eigenvalue weighted by atomic mass is 16.5. The van der Waals surface area contributed by atoms with E-state index in [1.54, 1.807) is 4.57 Å². The van der Waals surface area contributed by atoms with E-state index in [0.29, 0.717) is 6.54 Å². The summed E-state index contributed by atoms with van der Waals surface area (Å²) in [6, 6.07) is 10.0. The maximum absolute atomic E-state index is 12.4. The van der Waals surface area contributed by atoms with E-state index in [0.717, 1.165) is 62.3 Å². The van der Waals surface area contributed by atoms with E-state index in [1.165, 1.54) is 0 Å². The first-order valence-corrected chi connectivity index (χ1v) is 8.34. The highest BCUT2D eigenvalue weighted by Crippen LogP contribution is 2.12. The van der Waals surface area contributed by atoms with Gasteiger partial charge in [-0.15, -0.1) is 0 Å². The van der Waals surface area contributed by atoms with Crippen LogP contribution in [0.2, 0.25) is 0 Å². The lowest BCUT2D eigenvalue weighted by molar-refractivity contribution is 0.0374. The van der Waals surface area contributed by atoms with E-state index in [1.807, 2.05) is 31.3 Å². The van der Waals surface area contributed by atoms with Crippen molar-refractivity contribution < 1.29 is 4.74 Å². The average molecular weight is 315 g/mol. The molecule has 1 fully saturated rings. The molecular formula is C18H25N3O2. The van der Waals surface area contributed by atoms with Gasteiger partial charge < -0.3 is 14.6 Å². The molecule has 0 bridgehead atoms. The second-order valence-corrected chi connectivity index (χ2v) is 6.08. The Balaban J connectivity index is 1.53. The lowest BCUT2D eigenvalue weighted by Gasteiger charge is -2.26. The molecule has 124 valence electrons. The van der Waals surface area contributed by atoms with Gasteiger partial charge in [-0.1, -0.05) is 18.2 Å². The van der Waals surface area contributed by atoms with Crippen LogP contribution in [0.4, 0.5) is 0 Å². The highest BCUT2D eigenvalue weighted by Gasteiger charge is 2.09. The molecule has 0 unspecified atom stereocenters. The van der Waals surface area contributed by atoms with E-state index in [4.69, 9.17) is 4.74 Å². The number of benzene rings is 1. The summed E-state index contributed by atoms with van der Waals surface area (Å²) in [7, 11) is 1.84. The molecule has 3 rings (SSSR count). The minimum absolute atomic E-state index is 0.0874. The molecule has 23 heavy (non-hydrogen) atoms. The normalized spacial score (nSPS) is 16.0. The number of aryl methyl sites for hydroxylation is 1. The fraction of sp³-hybridized carbons (Fsp3) is 0.500. The van der Waals surface area contributed by atoms with Gasteiger partial charge in [-0.2, -0.15) is 0 Å². The molecule has 5 heteroatoms. The van der Waals surface area contributed by atoms with Crippen LogP contribution in [0.5, 0.6) is 0 Å². The quantitative estimate of drug-likeness (QED) is 0.818. The Bertz CT molecular complexity index is 705. The van der Waals surface area contributed by atoms with Crippen LogP contribution in [0, 0.1) is 0 Å². The lowest BCUT2D eigenvalue weighted by atomic mass is 10.1. The SMILES string of the molecule is Cn1c(=O)c(CNCCCN2CCOCC2)cc2ccccc21. The lowest BCUT2D eigenvalue weighted by Crippen LogP contribution is -2.37. The van der Waals surface area contributed by atoms with E-state index in [-0.39, 0.29) is 5.56 Å². The van der Waals surface area contributed by atoms with E-state index in [9.17, 15) is 4.79 Å². The van der Waals surface area contributed by atoms with Gasteiger partial charge in [0.05, 0.1) is 18.7 Å². The van der Waals surface area contributed by atoms with Crippen LogP contribution >= 0.6 is 0 Å². The van der Waals surface area contributed by atoms with Crippen LogP contribution in [0.3, 0.4) is 0 Å². The summed E-state index contributed by atoms with van der Waals surface area (Å²) in [5.74, 6) is 0. The van der Waals surface area contributed by atoms with Crippen molar-refractivity contribution in [2.75, 3.05) is 39.4 Å². The Hall–Kier alpha value is -1.69. The molecule has 5 nitrogen and oxygen atoms in total. The molecule has 0 radical (unpaired) electrons. The highest BCUT2D eigenvalue weighted by molar-refractivity contribution is 5.79. The molecule has 1 N–H and O–H groups in total. The molecule has 0 atom stereocenters. The van der Waals surface area contributed by atoms with Crippen LogP contribution in [-0.2, 0) is 18.3 Å². The third kappa shape index (κ3) is 3.99. The van der Waals surface area contributed by atoms with Gasteiger partial charge >= 0.3 is 0 Å². The van der Waals surface area contributed by atoms with Crippen molar-refractivity contribution >= 4 is 10.9 Å². The van der Waals surface area contributed by atoms with Gasteiger partial charge in [0.1, 0.15) is 0 Å². The molecule has 0 saturated carbocycles. The second-order valence-electron chi connectivity index (χ2n) is 6.08. The summed E-state index contributed by atoms with van der Waals surface area (Å²) in [5.41, 5.74) is 1.90. The molecule has 1 saturated heterocycles. The summed E-state index contributed by atoms with van der Waals surface area (Å²) in [4.78, 5) is 14.8. The third-order valence-corrected chi connectivity index (χ3v) is 4.45. The molecule has 1 aliphatic heterocycles. The Kier molecular flexibility index (Phi) is 5.43. The van der Waals surface area contributed by atoms with Gasteiger partial charge in [0.2, 0.25) is 0 Å². The summed E-state index contributed by atoms with van der Waals surface area (Å²) in [6.07, 6.45) is 1.09. The largest absolute Gasteiger partial charge is 0.379 e. The predicted molar refractivity (Wildman–Crippen MR) is 92.8 cm³/mol. The Morgan fingerprint density at radius 1 is 1.22 bits per heavy atom. The molecular weight excluding hydrogens is 290 g/mol. The number of hydrogen-bond donors (Lipinski definition) is 1. The zero-order valence-corrected chi connectivity index (χ0v) is 13.8. The summed E-state index contributed by atoms with van der Waals surface area (Å²) < 4.78 is 7.09. The maximum atomic E-state index is 12.4. The van der Waals surface area contributed by atoms with Gasteiger partial charge in [0.15, 0.2) is 0 Å². The predicted octanol–water partition coefficient (Wildman–Crippen LogP) is 1.35. The number of nitrogens with one attached hydrogen (secondary N) is 1. The van der Waals surface area contributed by atoms with Crippen LogP contribution in [-0.4, -0.2) is 48.9 Å². The Morgan fingerprint density at radius 2 is 2.00 bits per heavy atom. The zero-order valence-electron chi connectivity index (χ0n) is 13.8. The van der Waals surface area contributed by atoms with Crippen molar-refractivity contribution in [1.82, 2.24) is 14.8 Å². The number of pyridine rings is 1. The molecule has 1 aromatic carbocycles. The summed E-state index contributed by atoms with van der Waals surface area (Å²) >= 11 is 0. The number of fused-ring (bicyclic) bond motifs is 1. The first-order valence-electron chi connectivity index (χ1n) is 8.34. The van der Waals surface area contributed by atoms with Crippen molar-refractivity contribution in [3.05, 3.63) is 46.2 Å². The summed E-state index contributed by atoms with van der Waals surface area (Å²) in [5, 5.41) is 4.51. The minimum atomic E-state index is 0.0874. The Labute approximate surface area is 136 Å². The van der Waals surface area contributed by atoms with Crippen molar-refractivity contribution in [2.45, 2.75) is 13.0 Å². The second kappa shape index (κ2) is 7.73. The molecule has 0 spiro atoms. The van der Waals surface area contributed by atoms with Crippen molar-refractivity contribution in [3.63, 3.8) is 0 Å². The van der Waals surface area contributed by atoms with Crippen LogP contribution in [0.15, 0.2) is 35.1 Å². The molecule has 0 amide bonds.